The highest BCUT2D eigenvalue weighted by Gasteiger charge is 2.29. The second-order valence-corrected chi connectivity index (χ2v) is 6.11. The highest BCUT2D eigenvalue weighted by Crippen LogP contribution is 2.33. The highest BCUT2D eigenvalue weighted by molar-refractivity contribution is 5.85. The molecule has 0 aliphatic carbocycles. The molecular formula is C18H27ClN2O6. The second kappa shape index (κ2) is 10.8. The number of piperidine rings is 1. The van der Waals surface area contributed by atoms with Crippen molar-refractivity contribution in [3.8, 4) is 17.2 Å². The summed E-state index contributed by atoms with van der Waals surface area (Å²) in [6.07, 6.45) is 2.34. The van der Waals surface area contributed by atoms with Gasteiger partial charge in [-0.25, -0.2) is 0 Å². The summed E-state index contributed by atoms with van der Waals surface area (Å²) in [6, 6.07) is 2.84. The lowest BCUT2D eigenvalue weighted by atomic mass is 10.0. The van der Waals surface area contributed by atoms with Gasteiger partial charge < -0.3 is 24.6 Å². The van der Waals surface area contributed by atoms with E-state index < -0.39 is 12.0 Å². The van der Waals surface area contributed by atoms with Gasteiger partial charge in [-0.05, 0) is 19.4 Å². The standard InChI is InChI=1S/C18H26N2O6.ClH/c1-24-12-8-15(25-2)13(16(9-12)26-3)10-19-17(21)11-20-7-5-4-6-14(20)18(22)23;/h8-9,14H,4-7,10-11H2,1-3H3,(H,19,21)(H,22,23);1H. The van der Waals surface area contributed by atoms with Gasteiger partial charge in [0.2, 0.25) is 5.91 Å². The molecule has 1 aliphatic rings. The molecule has 2 rings (SSSR count). The van der Waals surface area contributed by atoms with Crippen LogP contribution in [0, 0.1) is 0 Å². The van der Waals surface area contributed by atoms with Crippen LogP contribution in [-0.2, 0) is 16.1 Å². The third kappa shape index (κ3) is 5.90. The van der Waals surface area contributed by atoms with Gasteiger partial charge in [0, 0.05) is 12.1 Å². The maximum absolute atomic E-state index is 12.3. The first-order chi connectivity index (χ1) is 12.5. The third-order valence-corrected chi connectivity index (χ3v) is 4.52. The Balaban J connectivity index is 0.00000364. The molecule has 1 aromatic carbocycles. The average molecular weight is 403 g/mol. The van der Waals surface area contributed by atoms with Crippen LogP contribution in [-0.4, -0.2) is 62.3 Å². The number of likely N-dealkylation sites (tertiary alicyclic amines) is 1. The van der Waals surface area contributed by atoms with Crippen LogP contribution in [0.5, 0.6) is 17.2 Å². The number of ether oxygens (including phenoxy) is 3. The van der Waals surface area contributed by atoms with Gasteiger partial charge in [0.1, 0.15) is 23.3 Å². The predicted molar refractivity (Wildman–Crippen MR) is 102 cm³/mol. The molecule has 8 nitrogen and oxygen atoms in total. The number of carboxylic acids is 1. The Kier molecular flexibility index (Phi) is 9.17. The van der Waals surface area contributed by atoms with Crippen molar-refractivity contribution in [1.29, 1.82) is 0 Å². The van der Waals surface area contributed by atoms with Crippen molar-refractivity contribution in [3.63, 3.8) is 0 Å². The summed E-state index contributed by atoms with van der Waals surface area (Å²) in [6.45, 7) is 0.873. The van der Waals surface area contributed by atoms with E-state index in [9.17, 15) is 14.7 Å². The van der Waals surface area contributed by atoms with Gasteiger partial charge in [-0.2, -0.15) is 0 Å². The van der Waals surface area contributed by atoms with Crippen LogP contribution in [0.4, 0.5) is 0 Å². The molecule has 152 valence electrons. The molecule has 1 fully saturated rings. The number of nitrogens with zero attached hydrogens (tertiary/aromatic N) is 1. The molecule has 2 N–H and O–H groups in total. The van der Waals surface area contributed by atoms with Gasteiger partial charge in [0.05, 0.1) is 40.0 Å². The molecule has 1 atom stereocenters. The molecule has 0 saturated carbocycles. The van der Waals surface area contributed by atoms with Crippen LogP contribution in [0.3, 0.4) is 0 Å². The maximum atomic E-state index is 12.3. The van der Waals surface area contributed by atoms with Crippen molar-refractivity contribution < 1.29 is 28.9 Å². The van der Waals surface area contributed by atoms with Crippen molar-refractivity contribution in [2.75, 3.05) is 34.4 Å². The number of nitrogens with one attached hydrogen (secondary N) is 1. The number of carboxylic acid groups (broad SMARTS) is 1. The van der Waals surface area contributed by atoms with Crippen molar-refractivity contribution in [2.24, 2.45) is 0 Å². The van der Waals surface area contributed by atoms with Crippen LogP contribution < -0.4 is 19.5 Å². The van der Waals surface area contributed by atoms with Crippen LogP contribution in [0.1, 0.15) is 24.8 Å². The first-order valence-electron chi connectivity index (χ1n) is 8.52. The molecule has 1 aliphatic heterocycles. The van der Waals surface area contributed by atoms with Gasteiger partial charge in [0.15, 0.2) is 0 Å². The molecule has 1 saturated heterocycles. The number of benzene rings is 1. The fourth-order valence-corrected chi connectivity index (χ4v) is 3.14. The zero-order chi connectivity index (χ0) is 19.1. The van der Waals surface area contributed by atoms with E-state index in [-0.39, 0.29) is 31.4 Å². The molecule has 0 aromatic heterocycles. The number of halogens is 1. The Morgan fingerprint density at radius 1 is 1.15 bits per heavy atom. The lowest BCUT2D eigenvalue weighted by molar-refractivity contribution is -0.145. The number of aliphatic carboxylic acids is 1. The quantitative estimate of drug-likeness (QED) is 0.682. The van der Waals surface area contributed by atoms with E-state index in [0.29, 0.717) is 35.8 Å². The van der Waals surface area contributed by atoms with Crippen molar-refractivity contribution >= 4 is 24.3 Å². The minimum absolute atomic E-state index is 0. The van der Waals surface area contributed by atoms with Gasteiger partial charge in [-0.3, -0.25) is 14.5 Å². The minimum atomic E-state index is -0.879. The summed E-state index contributed by atoms with van der Waals surface area (Å²) in [4.78, 5) is 25.4. The van der Waals surface area contributed by atoms with Crippen LogP contribution in [0.15, 0.2) is 12.1 Å². The first kappa shape index (κ1) is 22.9. The molecule has 1 amide bonds. The van der Waals surface area contributed by atoms with E-state index in [1.807, 2.05) is 0 Å². The van der Waals surface area contributed by atoms with E-state index in [2.05, 4.69) is 5.32 Å². The molecule has 9 heteroatoms. The largest absolute Gasteiger partial charge is 0.496 e. The molecule has 0 bridgehead atoms. The molecule has 1 unspecified atom stereocenters. The Morgan fingerprint density at radius 2 is 1.78 bits per heavy atom. The molecule has 0 radical (unpaired) electrons. The van der Waals surface area contributed by atoms with Crippen molar-refractivity contribution in [1.82, 2.24) is 10.2 Å². The lowest BCUT2D eigenvalue weighted by Crippen LogP contribution is -2.48. The predicted octanol–water partition coefficient (Wildman–Crippen LogP) is 1.69. The van der Waals surface area contributed by atoms with Crippen LogP contribution >= 0.6 is 12.4 Å². The number of carbonyl (C=O) groups is 2. The maximum Gasteiger partial charge on any atom is 0.320 e. The first-order valence-corrected chi connectivity index (χ1v) is 8.52. The number of hydrogen-bond donors (Lipinski definition) is 2. The SMILES string of the molecule is COc1cc(OC)c(CNC(=O)CN2CCCCC2C(=O)O)c(OC)c1.Cl. The van der Waals surface area contributed by atoms with Crippen LogP contribution in [0.2, 0.25) is 0 Å². The summed E-state index contributed by atoms with van der Waals surface area (Å²) >= 11 is 0. The summed E-state index contributed by atoms with van der Waals surface area (Å²) in [7, 11) is 4.61. The normalized spacial score (nSPS) is 16.8. The Bertz CT molecular complexity index is 630. The minimum Gasteiger partial charge on any atom is -0.496 e. The van der Waals surface area contributed by atoms with Gasteiger partial charge in [-0.15, -0.1) is 12.4 Å². The molecular weight excluding hydrogens is 376 g/mol. The zero-order valence-corrected chi connectivity index (χ0v) is 16.6. The Morgan fingerprint density at radius 3 is 2.30 bits per heavy atom. The highest BCUT2D eigenvalue weighted by atomic mass is 35.5. The number of carbonyl (C=O) groups excluding carboxylic acids is 1. The number of methoxy groups -OCH3 is 3. The zero-order valence-electron chi connectivity index (χ0n) is 15.8. The summed E-state index contributed by atoms with van der Waals surface area (Å²) < 4.78 is 15.9. The van der Waals surface area contributed by atoms with Crippen molar-refractivity contribution in [3.05, 3.63) is 17.7 Å². The van der Waals surface area contributed by atoms with E-state index in [0.717, 1.165) is 12.8 Å². The smallest absolute Gasteiger partial charge is 0.320 e. The monoisotopic (exact) mass is 402 g/mol. The Hall–Kier alpha value is -2.19. The molecule has 1 aromatic rings. The fraction of sp³-hybridized carbons (Fsp3) is 0.556. The summed E-state index contributed by atoms with van der Waals surface area (Å²) in [5, 5.41) is 12.1. The molecule has 27 heavy (non-hydrogen) atoms. The number of hydrogen-bond acceptors (Lipinski definition) is 6. The van der Waals surface area contributed by atoms with Gasteiger partial charge >= 0.3 is 5.97 Å². The van der Waals surface area contributed by atoms with Crippen LogP contribution in [0.25, 0.3) is 0 Å². The topological polar surface area (TPSA) is 97.3 Å². The Labute approximate surface area is 165 Å². The van der Waals surface area contributed by atoms with Gasteiger partial charge in [-0.1, -0.05) is 6.42 Å². The number of rotatable bonds is 8. The summed E-state index contributed by atoms with van der Waals surface area (Å²) in [5.74, 6) is 0.561. The molecule has 0 spiro atoms. The number of amides is 1. The van der Waals surface area contributed by atoms with E-state index >= 15 is 0 Å². The van der Waals surface area contributed by atoms with E-state index in [1.54, 1.807) is 24.1 Å². The second-order valence-electron chi connectivity index (χ2n) is 6.11. The summed E-state index contributed by atoms with van der Waals surface area (Å²) in [5.41, 5.74) is 0.692. The van der Waals surface area contributed by atoms with Gasteiger partial charge in [0.25, 0.3) is 0 Å². The average Bonchev–Trinajstić information content (AvgIpc) is 2.65. The lowest BCUT2D eigenvalue weighted by Gasteiger charge is -2.32. The van der Waals surface area contributed by atoms with E-state index in [1.165, 1.54) is 14.2 Å². The fourth-order valence-electron chi connectivity index (χ4n) is 3.14. The molecule has 1 heterocycles. The van der Waals surface area contributed by atoms with Crippen molar-refractivity contribution in [2.45, 2.75) is 31.8 Å². The third-order valence-electron chi connectivity index (χ3n) is 4.52. The van der Waals surface area contributed by atoms with E-state index in [4.69, 9.17) is 14.2 Å².